The van der Waals surface area contributed by atoms with Crippen LogP contribution < -0.4 is 4.74 Å². The molecule has 0 saturated carbocycles. The van der Waals surface area contributed by atoms with Gasteiger partial charge in [-0.2, -0.15) is 0 Å². The summed E-state index contributed by atoms with van der Waals surface area (Å²) in [5.74, 6) is 0.443. The lowest BCUT2D eigenvalue weighted by Gasteiger charge is -2.26. The topological polar surface area (TPSA) is 55.6 Å². The minimum Gasteiger partial charge on any atom is -0.482 e. The summed E-state index contributed by atoms with van der Waals surface area (Å²) in [4.78, 5) is 14.3. The fourth-order valence-corrected chi connectivity index (χ4v) is 3.54. The largest absolute Gasteiger partial charge is 0.482 e. The van der Waals surface area contributed by atoms with Gasteiger partial charge in [0.15, 0.2) is 12.4 Å². The van der Waals surface area contributed by atoms with Gasteiger partial charge in [0.05, 0.1) is 17.3 Å². The smallest absolute Gasteiger partial charge is 0.260 e. The summed E-state index contributed by atoms with van der Waals surface area (Å²) >= 11 is 11.9. The summed E-state index contributed by atoms with van der Waals surface area (Å²) in [7, 11) is 0. The van der Waals surface area contributed by atoms with Crippen LogP contribution in [0.2, 0.25) is 10.0 Å². The van der Waals surface area contributed by atoms with E-state index < -0.39 is 0 Å². The van der Waals surface area contributed by atoms with Crippen LogP contribution in [-0.4, -0.2) is 29.1 Å². The Hall–Kier alpha value is -2.57. The zero-order valence-corrected chi connectivity index (χ0v) is 16.1. The van der Waals surface area contributed by atoms with Crippen molar-refractivity contribution in [2.45, 2.75) is 13.0 Å². The molecule has 0 N–H and O–H groups in total. The lowest BCUT2D eigenvalue weighted by Crippen LogP contribution is -2.38. The van der Waals surface area contributed by atoms with Crippen LogP contribution in [-0.2, 0) is 17.8 Å². The number of carbonyl (C=O) groups excluding carboxylic acids is 1. The first-order valence-corrected chi connectivity index (χ1v) is 9.36. The van der Waals surface area contributed by atoms with Gasteiger partial charge in [0.1, 0.15) is 11.6 Å². The molecular weight excluding hydrogens is 406 g/mol. The van der Waals surface area contributed by atoms with Gasteiger partial charge in [-0.25, -0.2) is 4.39 Å². The van der Waals surface area contributed by atoms with Crippen molar-refractivity contribution < 1.29 is 18.4 Å². The van der Waals surface area contributed by atoms with Crippen molar-refractivity contribution in [1.82, 2.24) is 10.1 Å². The molecule has 5 nitrogen and oxygen atoms in total. The van der Waals surface area contributed by atoms with E-state index in [-0.39, 0.29) is 18.3 Å². The predicted molar refractivity (Wildman–Crippen MR) is 103 cm³/mol. The van der Waals surface area contributed by atoms with E-state index in [9.17, 15) is 9.18 Å². The van der Waals surface area contributed by atoms with Gasteiger partial charge in [-0.1, -0.05) is 28.4 Å². The van der Waals surface area contributed by atoms with Crippen molar-refractivity contribution in [3.05, 3.63) is 69.6 Å². The first-order valence-electron chi connectivity index (χ1n) is 8.60. The minimum absolute atomic E-state index is 0.145. The normalized spacial score (nSPS) is 13.3. The second-order valence-corrected chi connectivity index (χ2v) is 7.22. The monoisotopic (exact) mass is 420 g/mol. The molecule has 2 aromatic carbocycles. The molecule has 0 aliphatic carbocycles. The van der Waals surface area contributed by atoms with Crippen molar-refractivity contribution in [3.8, 4) is 17.1 Å². The van der Waals surface area contributed by atoms with Crippen LogP contribution in [0.4, 0.5) is 4.39 Å². The average molecular weight is 421 g/mol. The molecule has 0 fully saturated rings. The van der Waals surface area contributed by atoms with E-state index in [1.54, 1.807) is 35.2 Å². The molecule has 0 saturated heterocycles. The number of amides is 1. The highest BCUT2D eigenvalue weighted by Gasteiger charge is 2.27. The Morgan fingerprint density at radius 1 is 1.21 bits per heavy atom. The SMILES string of the molecule is O=C(COc1ccc(Cl)cc1Cl)N1CCc2noc(-c3ccc(F)cc3)c2C1. The van der Waals surface area contributed by atoms with E-state index in [4.69, 9.17) is 32.5 Å². The molecule has 0 unspecified atom stereocenters. The van der Waals surface area contributed by atoms with Crippen LogP contribution in [0, 0.1) is 5.82 Å². The first-order chi connectivity index (χ1) is 13.5. The van der Waals surface area contributed by atoms with E-state index >= 15 is 0 Å². The Morgan fingerprint density at radius 3 is 2.75 bits per heavy atom. The van der Waals surface area contributed by atoms with Crippen LogP contribution in [0.3, 0.4) is 0 Å². The van der Waals surface area contributed by atoms with Crippen molar-refractivity contribution in [1.29, 1.82) is 0 Å². The summed E-state index contributed by atoms with van der Waals surface area (Å²) in [6.45, 7) is 0.717. The van der Waals surface area contributed by atoms with E-state index in [1.807, 2.05) is 0 Å². The summed E-state index contributed by atoms with van der Waals surface area (Å²) in [6, 6.07) is 10.8. The van der Waals surface area contributed by atoms with E-state index in [0.29, 0.717) is 46.6 Å². The summed E-state index contributed by atoms with van der Waals surface area (Å²) < 4.78 is 24.2. The number of ether oxygens (including phenoxy) is 1. The van der Waals surface area contributed by atoms with Gasteiger partial charge in [-0.15, -0.1) is 0 Å². The predicted octanol–water partition coefficient (Wildman–Crippen LogP) is 4.75. The molecule has 1 aromatic heterocycles. The maximum absolute atomic E-state index is 13.2. The number of hydrogen-bond donors (Lipinski definition) is 0. The maximum atomic E-state index is 13.2. The second kappa shape index (κ2) is 7.81. The molecule has 144 valence electrons. The van der Waals surface area contributed by atoms with E-state index in [0.717, 1.165) is 11.3 Å². The molecular formula is C20H15Cl2FN2O3. The van der Waals surface area contributed by atoms with Gasteiger partial charge >= 0.3 is 0 Å². The quantitative estimate of drug-likeness (QED) is 0.610. The Morgan fingerprint density at radius 2 is 2.00 bits per heavy atom. The minimum atomic E-state index is -0.327. The number of rotatable bonds is 4. The first kappa shape index (κ1) is 18.8. The van der Waals surface area contributed by atoms with E-state index in [2.05, 4.69) is 5.16 Å². The highest BCUT2D eigenvalue weighted by Crippen LogP contribution is 2.31. The Labute approximate surface area is 170 Å². The molecule has 2 heterocycles. The Bertz CT molecular complexity index is 1020. The number of carbonyl (C=O) groups is 1. The third-order valence-electron chi connectivity index (χ3n) is 4.54. The van der Waals surface area contributed by atoms with Gasteiger partial charge in [0.25, 0.3) is 5.91 Å². The number of nitrogens with zero attached hydrogens (tertiary/aromatic N) is 2. The van der Waals surface area contributed by atoms with E-state index in [1.165, 1.54) is 12.1 Å². The maximum Gasteiger partial charge on any atom is 0.260 e. The zero-order valence-electron chi connectivity index (χ0n) is 14.6. The molecule has 1 amide bonds. The average Bonchev–Trinajstić information content (AvgIpc) is 3.11. The van der Waals surface area contributed by atoms with Crippen molar-refractivity contribution in [2.24, 2.45) is 0 Å². The fraction of sp³-hybridized carbons (Fsp3) is 0.200. The van der Waals surface area contributed by atoms with Gasteiger partial charge in [0.2, 0.25) is 0 Å². The van der Waals surface area contributed by atoms with Crippen molar-refractivity contribution in [2.75, 3.05) is 13.2 Å². The lowest BCUT2D eigenvalue weighted by atomic mass is 10.0. The summed E-state index contributed by atoms with van der Waals surface area (Å²) in [5.41, 5.74) is 2.36. The van der Waals surface area contributed by atoms with Crippen LogP contribution in [0.15, 0.2) is 47.0 Å². The highest BCUT2D eigenvalue weighted by molar-refractivity contribution is 6.35. The number of fused-ring (bicyclic) bond motifs is 1. The van der Waals surface area contributed by atoms with Gasteiger partial charge in [-0.3, -0.25) is 4.79 Å². The van der Waals surface area contributed by atoms with Crippen LogP contribution in [0.1, 0.15) is 11.3 Å². The molecule has 4 rings (SSSR count). The van der Waals surface area contributed by atoms with Crippen molar-refractivity contribution >= 4 is 29.1 Å². The number of hydrogen-bond acceptors (Lipinski definition) is 4. The standard InChI is InChI=1S/C20H15Cl2FN2O3/c21-13-3-6-18(16(22)9-13)27-11-19(26)25-8-7-17-15(10-25)20(28-24-17)12-1-4-14(23)5-2-12/h1-6,9H,7-8,10-11H2. The molecule has 0 atom stereocenters. The third-order valence-corrected chi connectivity index (χ3v) is 5.07. The molecule has 3 aromatic rings. The fourth-order valence-electron chi connectivity index (χ4n) is 3.08. The number of aromatic nitrogens is 1. The highest BCUT2D eigenvalue weighted by atomic mass is 35.5. The second-order valence-electron chi connectivity index (χ2n) is 6.37. The molecule has 8 heteroatoms. The molecule has 0 spiro atoms. The van der Waals surface area contributed by atoms with Gasteiger partial charge in [0, 0.05) is 29.1 Å². The Balaban J connectivity index is 1.46. The number of halogens is 3. The van der Waals surface area contributed by atoms with Gasteiger partial charge in [-0.05, 0) is 42.5 Å². The molecule has 0 radical (unpaired) electrons. The summed E-state index contributed by atoms with van der Waals surface area (Å²) in [5, 5.41) is 4.93. The number of benzene rings is 2. The van der Waals surface area contributed by atoms with Gasteiger partial charge < -0.3 is 14.2 Å². The lowest BCUT2D eigenvalue weighted by molar-refractivity contribution is -0.134. The molecule has 1 aliphatic rings. The van der Waals surface area contributed by atoms with Crippen LogP contribution in [0.25, 0.3) is 11.3 Å². The molecule has 0 bridgehead atoms. The van der Waals surface area contributed by atoms with Crippen molar-refractivity contribution in [3.63, 3.8) is 0 Å². The Kier molecular flexibility index (Phi) is 5.24. The molecule has 28 heavy (non-hydrogen) atoms. The third kappa shape index (κ3) is 3.84. The molecule has 1 aliphatic heterocycles. The van der Waals surface area contributed by atoms with Crippen LogP contribution in [0.5, 0.6) is 5.75 Å². The summed E-state index contributed by atoms with van der Waals surface area (Å²) in [6.07, 6.45) is 0.577. The van der Waals surface area contributed by atoms with Crippen LogP contribution >= 0.6 is 23.2 Å². The zero-order chi connectivity index (χ0) is 19.7.